The molecule has 0 radical (unpaired) electrons. The summed E-state index contributed by atoms with van der Waals surface area (Å²) in [6.45, 7) is 3.40. The Morgan fingerprint density at radius 3 is 2.47 bits per heavy atom. The third-order valence-electron chi connectivity index (χ3n) is 4.28. The average Bonchev–Trinajstić information content (AvgIpc) is 3.37. The van der Waals surface area contributed by atoms with Crippen LogP contribution in [0.25, 0.3) is 10.4 Å². The van der Waals surface area contributed by atoms with E-state index in [4.69, 9.17) is 4.74 Å². The van der Waals surface area contributed by atoms with Gasteiger partial charge in [0.1, 0.15) is 10.6 Å². The number of hydrogen-bond donors (Lipinski definition) is 2. The molecule has 0 aliphatic heterocycles. The molecule has 1 aromatic carbocycles. The van der Waals surface area contributed by atoms with Gasteiger partial charge in [0.2, 0.25) is 11.8 Å². The molecule has 0 bridgehead atoms. The first-order valence-corrected chi connectivity index (χ1v) is 11.2. The van der Waals surface area contributed by atoms with Gasteiger partial charge in [-0.15, -0.1) is 22.7 Å². The highest BCUT2D eigenvalue weighted by Crippen LogP contribution is 2.38. The van der Waals surface area contributed by atoms with Crippen molar-refractivity contribution >= 4 is 45.5 Å². The van der Waals surface area contributed by atoms with Crippen LogP contribution in [0.4, 0.5) is 5.00 Å². The van der Waals surface area contributed by atoms with Crippen LogP contribution in [-0.4, -0.2) is 24.4 Å². The Kier molecular flexibility index (Phi) is 7.37. The third-order valence-corrected chi connectivity index (χ3v) is 6.08. The van der Waals surface area contributed by atoms with Gasteiger partial charge in [0.25, 0.3) is 0 Å². The summed E-state index contributed by atoms with van der Waals surface area (Å²) in [5, 5.41) is 9.86. The molecule has 2 N–H and O–H groups in total. The van der Waals surface area contributed by atoms with E-state index < -0.39 is 12.0 Å². The number of benzene rings is 1. The van der Waals surface area contributed by atoms with Gasteiger partial charge in [-0.25, -0.2) is 4.79 Å². The van der Waals surface area contributed by atoms with Gasteiger partial charge in [-0.2, -0.15) is 0 Å². The third kappa shape index (κ3) is 5.34. The van der Waals surface area contributed by atoms with Gasteiger partial charge in [0, 0.05) is 22.7 Å². The van der Waals surface area contributed by atoms with E-state index in [0.717, 1.165) is 16.0 Å². The summed E-state index contributed by atoms with van der Waals surface area (Å²) in [7, 11) is 0. The molecule has 3 rings (SSSR count). The standard InChI is InChI=1S/C22H22N2O4S2/c1-3-28-22(27)20-16(18-10-7-11-29-18)13-30-21(20)24-19(26)12-17(23-14(2)25)15-8-5-4-6-9-15/h4-11,13,17H,3,12H2,1-2H3,(H,23,25)(H,24,26). The summed E-state index contributed by atoms with van der Waals surface area (Å²) < 4.78 is 5.21. The van der Waals surface area contributed by atoms with Crippen LogP contribution in [0.3, 0.4) is 0 Å². The van der Waals surface area contributed by atoms with Crippen LogP contribution in [0.1, 0.15) is 42.2 Å². The van der Waals surface area contributed by atoms with Crippen molar-refractivity contribution in [2.24, 2.45) is 0 Å². The van der Waals surface area contributed by atoms with E-state index in [1.807, 2.05) is 53.2 Å². The van der Waals surface area contributed by atoms with Crippen LogP contribution in [0.2, 0.25) is 0 Å². The second-order valence-corrected chi connectivity index (χ2v) is 8.29. The number of nitrogens with one attached hydrogen (secondary N) is 2. The molecule has 0 saturated carbocycles. The molecule has 1 atom stereocenters. The molecule has 3 aromatic rings. The van der Waals surface area contributed by atoms with Crippen LogP contribution >= 0.6 is 22.7 Å². The van der Waals surface area contributed by atoms with Crippen molar-refractivity contribution in [3.63, 3.8) is 0 Å². The van der Waals surface area contributed by atoms with E-state index in [1.165, 1.54) is 29.6 Å². The zero-order valence-corrected chi connectivity index (χ0v) is 18.3. The Hall–Kier alpha value is -2.97. The smallest absolute Gasteiger partial charge is 0.341 e. The number of amides is 2. The molecule has 0 aliphatic rings. The van der Waals surface area contributed by atoms with Gasteiger partial charge in [-0.05, 0) is 23.9 Å². The number of esters is 1. The fraction of sp³-hybridized carbons (Fsp3) is 0.227. The SMILES string of the molecule is CCOC(=O)c1c(-c2cccs2)csc1NC(=O)CC(NC(C)=O)c1ccccc1. The summed E-state index contributed by atoms with van der Waals surface area (Å²) in [5.41, 5.74) is 1.93. The van der Waals surface area contributed by atoms with Crippen LogP contribution in [0.15, 0.2) is 53.2 Å². The maximum atomic E-state index is 12.8. The number of hydrogen-bond acceptors (Lipinski definition) is 6. The Morgan fingerprint density at radius 2 is 1.83 bits per heavy atom. The van der Waals surface area contributed by atoms with Gasteiger partial charge in [-0.3, -0.25) is 9.59 Å². The molecule has 0 saturated heterocycles. The highest BCUT2D eigenvalue weighted by Gasteiger charge is 2.24. The second kappa shape index (κ2) is 10.2. The molecule has 8 heteroatoms. The van der Waals surface area contributed by atoms with Gasteiger partial charge in [0.15, 0.2) is 0 Å². The molecular weight excluding hydrogens is 420 g/mol. The van der Waals surface area contributed by atoms with Crippen molar-refractivity contribution in [2.75, 3.05) is 11.9 Å². The molecule has 156 valence electrons. The zero-order chi connectivity index (χ0) is 21.5. The van der Waals surface area contributed by atoms with Crippen molar-refractivity contribution in [1.82, 2.24) is 5.32 Å². The normalized spacial score (nSPS) is 11.5. The monoisotopic (exact) mass is 442 g/mol. The van der Waals surface area contributed by atoms with E-state index in [-0.39, 0.29) is 24.8 Å². The largest absolute Gasteiger partial charge is 0.462 e. The molecule has 2 amide bonds. The Bertz CT molecular complexity index is 1010. The minimum Gasteiger partial charge on any atom is -0.462 e. The zero-order valence-electron chi connectivity index (χ0n) is 16.6. The number of ether oxygens (including phenoxy) is 1. The number of anilines is 1. The molecule has 1 unspecified atom stereocenters. The van der Waals surface area contributed by atoms with Crippen LogP contribution in [0, 0.1) is 0 Å². The van der Waals surface area contributed by atoms with E-state index in [0.29, 0.717) is 10.6 Å². The lowest BCUT2D eigenvalue weighted by atomic mass is 10.0. The molecule has 2 heterocycles. The first-order chi connectivity index (χ1) is 14.5. The summed E-state index contributed by atoms with van der Waals surface area (Å²) in [6, 6.07) is 12.7. The first-order valence-electron chi connectivity index (χ1n) is 9.44. The van der Waals surface area contributed by atoms with Gasteiger partial charge in [0.05, 0.1) is 19.1 Å². The molecular formula is C22H22N2O4S2. The number of rotatable bonds is 8. The quantitative estimate of drug-likeness (QED) is 0.488. The number of carbonyl (C=O) groups excluding carboxylic acids is 3. The van der Waals surface area contributed by atoms with E-state index in [2.05, 4.69) is 10.6 Å². The minimum atomic E-state index is -0.473. The lowest BCUT2D eigenvalue weighted by Gasteiger charge is -2.18. The van der Waals surface area contributed by atoms with Crippen LogP contribution in [-0.2, 0) is 14.3 Å². The molecule has 6 nitrogen and oxygen atoms in total. The fourth-order valence-corrected chi connectivity index (χ4v) is 4.80. The average molecular weight is 443 g/mol. The Balaban J connectivity index is 1.83. The minimum absolute atomic E-state index is 0.0398. The topological polar surface area (TPSA) is 84.5 Å². The van der Waals surface area contributed by atoms with Crippen LogP contribution in [0.5, 0.6) is 0 Å². The van der Waals surface area contributed by atoms with E-state index in [1.54, 1.807) is 6.92 Å². The van der Waals surface area contributed by atoms with Crippen molar-refractivity contribution in [1.29, 1.82) is 0 Å². The van der Waals surface area contributed by atoms with Crippen molar-refractivity contribution < 1.29 is 19.1 Å². The predicted octanol–water partition coefficient (Wildman–Crippen LogP) is 4.86. The molecule has 2 aromatic heterocycles. The van der Waals surface area contributed by atoms with Crippen molar-refractivity contribution in [3.8, 4) is 10.4 Å². The molecule has 30 heavy (non-hydrogen) atoms. The summed E-state index contributed by atoms with van der Waals surface area (Å²) in [6.07, 6.45) is 0.0398. The first kappa shape index (κ1) is 21.7. The van der Waals surface area contributed by atoms with E-state index >= 15 is 0 Å². The fourth-order valence-electron chi connectivity index (χ4n) is 3.01. The lowest BCUT2D eigenvalue weighted by molar-refractivity contribution is -0.120. The second-order valence-electron chi connectivity index (χ2n) is 6.47. The predicted molar refractivity (Wildman–Crippen MR) is 120 cm³/mol. The van der Waals surface area contributed by atoms with Gasteiger partial charge >= 0.3 is 5.97 Å². The number of thiophene rings is 2. The maximum absolute atomic E-state index is 12.8. The van der Waals surface area contributed by atoms with Gasteiger partial charge in [-0.1, -0.05) is 36.4 Å². The lowest BCUT2D eigenvalue weighted by Crippen LogP contribution is -2.29. The van der Waals surface area contributed by atoms with E-state index in [9.17, 15) is 14.4 Å². The molecule has 0 aliphatic carbocycles. The van der Waals surface area contributed by atoms with Crippen molar-refractivity contribution in [3.05, 3.63) is 64.4 Å². The highest BCUT2D eigenvalue weighted by molar-refractivity contribution is 7.17. The van der Waals surface area contributed by atoms with Crippen molar-refractivity contribution in [2.45, 2.75) is 26.3 Å². The Labute approximate surface area is 182 Å². The Morgan fingerprint density at radius 1 is 1.07 bits per heavy atom. The number of carbonyl (C=O) groups is 3. The summed E-state index contributed by atoms with van der Waals surface area (Å²) in [4.78, 5) is 37.9. The summed E-state index contributed by atoms with van der Waals surface area (Å²) in [5.74, 6) is -0.998. The van der Waals surface area contributed by atoms with Crippen LogP contribution < -0.4 is 10.6 Å². The molecule has 0 fully saturated rings. The highest BCUT2D eigenvalue weighted by atomic mass is 32.1. The maximum Gasteiger partial charge on any atom is 0.341 e. The van der Waals surface area contributed by atoms with Gasteiger partial charge < -0.3 is 15.4 Å². The summed E-state index contributed by atoms with van der Waals surface area (Å²) >= 11 is 2.79. The molecule has 0 spiro atoms.